The Hall–Kier alpha value is -4.11. The summed E-state index contributed by atoms with van der Waals surface area (Å²) in [6, 6.07) is 15.6. The second-order valence-electron chi connectivity index (χ2n) is 10.7. The zero-order valence-corrected chi connectivity index (χ0v) is 24.2. The van der Waals surface area contributed by atoms with Gasteiger partial charge in [0.1, 0.15) is 5.82 Å². The van der Waals surface area contributed by atoms with Crippen LogP contribution in [0.2, 0.25) is 5.02 Å². The molecule has 1 aromatic heterocycles. The van der Waals surface area contributed by atoms with Gasteiger partial charge in [0.15, 0.2) is 0 Å². The van der Waals surface area contributed by atoms with Gasteiger partial charge < -0.3 is 9.80 Å². The van der Waals surface area contributed by atoms with Crippen molar-refractivity contribution < 1.29 is 18.0 Å². The second-order valence-corrected chi connectivity index (χ2v) is 11.1. The minimum absolute atomic E-state index is 0.0519. The number of amides is 1. The first kappa shape index (κ1) is 29.4. The summed E-state index contributed by atoms with van der Waals surface area (Å²) in [6.45, 7) is 10.7. The molecule has 0 saturated carbocycles. The van der Waals surface area contributed by atoms with Gasteiger partial charge in [-0.3, -0.25) is 9.36 Å². The standard InChI is InChI=1S/C32H30ClF3N4O2/c1-5-29(41)38-14-15-39(20(4)18-38)30-24-16-26(33)23(22-11-6-8-12-25(22)32(34,35)36)17-28(24)40(31(42)37-30)27-13-9-7-10-21(27)19(2)3/h5-13,16-17,19-20H,1,14-15,18H2,2-4H3. The summed E-state index contributed by atoms with van der Waals surface area (Å²) in [5.41, 5.74) is 0.524. The van der Waals surface area contributed by atoms with E-state index >= 15 is 0 Å². The molecule has 3 aromatic carbocycles. The largest absolute Gasteiger partial charge is 0.417 e. The van der Waals surface area contributed by atoms with Gasteiger partial charge in [-0.2, -0.15) is 18.2 Å². The molecule has 2 heterocycles. The van der Waals surface area contributed by atoms with Crippen LogP contribution in [-0.2, 0) is 11.0 Å². The van der Waals surface area contributed by atoms with E-state index in [-0.39, 0.29) is 34.0 Å². The molecule has 1 amide bonds. The first-order valence-electron chi connectivity index (χ1n) is 13.6. The molecule has 0 bridgehead atoms. The molecule has 5 rings (SSSR count). The Morgan fingerprint density at radius 1 is 1.07 bits per heavy atom. The van der Waals surface area contributed by atoms with Gasteiger partial charge in [0.25, 0.3) is 0 Å². The van der Waals surface area contributed by atoms with E-state index in [1.807, 2.05) is 37.8 Å². The molecular weight excluding hydrogens is 565 g/mol. The van der Waals surface area contributed by atoms with E-state index in [1.165, 1.54) is 28.8 Å². The zero-order valence-electron chi connectivity index (χ0n) is 23.5. The molecule has 0 radical (unpaired) electrons. The van der Waals surface area contributed by atoms with Crippen LogP contribution in [0.4, 0.5) is 19.0 Å². The number of halogens is 4. The van der Waals surface area contributed by atoms with Gasteiger partial charge in [-0.1, -0.05) is 68.4 Å². The monoisotopic (exact) mass is 594 g/mol. The number of para-hydroxylation sites is 1. The summed E-state index contributed by atoms with van der Waals surface area (Å²) in [4.78, 5) is 34.3. The number of piperazine rings is 1. The number of carbonyl (C=O) groups is 1. The quantitative estimate of drug-likeness (QED) is 0.232. The van der Waals surface area contributed by atoms with E-state index in [1.54, 1.807) is 29.2 Å². The van der Waals surface area contributed by atoms with E-state index in [2.05, 4.69) is 11.6 Å². The minimum Gasteiger partial charge on any atom is -0.350 e. The molecule has 1 unspecified atom stereocenters. The second kappa shape index (κ2) is 11.3. The van der Waals surface area contributed by atoms with E-state index in [0.29, 0.717) is 42.0 Å². The zero-order chi connectivity index (χ0) is 30.3. The smallest absolute Gasteiger partial charge is 0.350 e. The van der Waals surface area contributed by atoms with Crippen LogP contribution in [0, 0.1) is 0 Å². The first-order valence-corrected chi connectivity index (χ1v) is 14.0. The molecule has 10 heteroatoms. The number of nitrogens with zero attached hydrogens (tertiary/aromatic N) is 4. The summed E-state index contributed by atoms with van der Waals surface area (Å²) in [7, 11) is 0. The van der Waals surface area contributed by atoms with Gasteiger partial charge in [-0.15, -0.1) is 0 Å². The molecule has 1 atom stereocenters. The number of aromatic nitrogens is 2. The van der Waals surface area contributed by atoms with Gasteiger partial charge in [0.05, 0.1) is 16.8 Å². The number of fused-ring (bicyclic) bond motifs is 1. The molecule has 0 spiro atoms. The average molecular weight is 595 g/mol. The van der Waals surface area contributed by atoms with Crippen molar-refractivity contribution in [2.45, 2.75) is 38.9 Å². The number of carbonyl (C=O) groups excluding carboxylic acids is 1. The van der Waals surface area contributed by atoms with Crippen LogP contribution in [0.5, 0.6) is 0 Å². The maximum atomic E-state index is 14.0. The van der Waals surface area contributed by atoms with Crippen molar-refractivity contribution in [2.24, 2.45) is 0 Å². The molecule has 1 aliphatic rings. The number of hydrogen-bond donors (Lipinski definition) is 0. The molecule has 1 saturated heterocycles. The van der Waals surface area contributed by atoms with Crippen molar-refractivity contribution in [3.05, 3.63) is 100.0 Å². The SMILES string of the molecule is C=CC(=O)N1CCN(c2nc(=O)n(-c3ccccc3C(C)C)c3cc(-c4ccccc4C(F)(F)F)c(Cl)cc23)C(C)C1. The fraction of sp³-hybridized carbons (Fsp3) is 0.281. The number of hydrogen-bond acceptors (Lipinski definition) is 4. The van der Waals surface area contributed by atoms with E-state index < -0.39 is 17.4 Å². The van der Waals surface area contributed by atoms with Crippen LogP contribution in [0.3, 0.4) is 0 Å². The van der Waals surface area contributed by atoms with Crippen molar-refractivity contribution in [1.82, 2.24) is 14.5 Å². The molecule has 1 aliphatic heterocycles. The predicted octanol–water partition coefficient (Wildman–Crippen LogP) is 7.07. The molecule has 42 heavy (non-hydrogen) atoms. The van der Waals surface area contributed by atoms with Crippen molar-refractivity contribution in [1.29, 1.82) is 0 Å². The lowest BCUT2D eigenvalue weighted by Gasteiger charge is -2.40. The van der Waals surface area contributed by atoms with Gasteiger partial charge in [0, 0.05) is 41.6 Å². The molecule has 0 N–H and O–H groups in total. The lowest BCUT2D eigenvalue weighted by atomic mass is 9.97. The Morgan fingerprint density at radius 3 is 2.43 bits per heavy atom. The highest BCUT2D eigenvalue weighted by Crippen LogP contribution is 2.42. The normalized spacial score (nSPS) is 15.9. The lowest BCUT2D eigenvalue weighted by Crippen LogP contribution is -2.54. The predicted molar refractivity (Wildman–Crippen MR) is 160 cm³/mol. The van der Waals surface area contributed by atoms with Crippen molar-refractivity contribution in [3.8, 4) is 16.8 Å². The van der Waals surface area contributed by atoms with Gasteiger partial charge >= 0.3 is 11.9 Å². The highest BCUT2D eigenvalue weighted by Gasteiger charge is 2.34. The number of alkyl halides is 3. The Labute approximate surface area is 246 Å². The Balaban J connectivity index is 1.81. The van der Waals surface area contributed by atoms with Crippen molar-refractivity contribution in [3.63, 3.8) is 0 Å². The molecule has 1 fully saturated rings. The summed E-state index contributed by atoms with van der Waals surface area (Å²) in [5.74, 6) is 0.233. The maximum absolute atomic E-state index is 14.0. The molecule has 0 aliphatic carbocycles. The fourth-order valence-electron chi connectivity index (χ4n) is 5.63. The van der Waals surface area contributed by atoms with Crippen LogP contribution in [0.1, 0.15) is 37.8 Å². The molecule has 4 aromatic rings. The summed E-state index contributed by atoms with van der Waals surface area (Å²) in [6.07, 6.45) is -3.34. The Morgan fingerprint density at radius 2 is 1.76 bits per heavy atom. The van der Waals surface area contributed by atoms with Crippen LogP contribution in [0.15, 0.2) is 78.1 Å². The lowest BCUT2D eigenvalue weighted by molar-refractivity contribution is -0.137. The number of anilines is 1. The molecule has 6 nitrogen and oxygen atoms in total. The van der Waals surface area contributed by atoms with Crippen LogP contribution in [0.25, 0.3) is 27.7 Å². The first-order chi connectivity index (χ1) is 19.9. The summed E-state index contributed by atoms with van der Waals surface area (Å²) < 4.78 is 43.6. The Bertz CT molecular complexity index is 1750. The van der Waals surface area contributed by atoms with Crippen LogP contribution >= 0.6 is 11.6 Å². The Kier molecular flexibility index (Phi) is 7.90. The van der Waals surface area contributed by atoms with Gasteiger partial charge in [-0.25, -0.2) is 4.79 Å². The topological polar surface area (TPSA) is 58.4 Å². The van der Waals surface area contributed by atoms with Gasteiger partial charge in [0.2, 0.25) is 5.91 Å². The minimum atomic E-state index is -4.61. The van der Waals surface area contributed by atoms with Crippen molar-refractivity contribution >= 4 is 34.2 Å². The number of rotatable bonds is 5. The third-order valence-electron chi connectivity index (χ3n) is 7.67. The van der Waals surface area contributed by atoms with Gasteiger partial charge in [-0.05, 0) is 54.3 Å². The van der Waals surface area contributed by atoms with Crippen LogP contribution < -0.4 is 10.6 Å². The van der Waals surface area contributed by atoms with Crippen molar-refractivity contribution in [2.75, 3.05) is 24.5 Å². The van der Waals surface area contributed by atoms with Crippen LogP contribution in [-0.4, -0.2) is 46.0 Å². The number of benzene rings is 3. The average Bonchev–Trinajstić information content (AvgIpc) is 2.96. The molecular formula is C32H30ClF3N4O2. The summed E-state index contributed by atoms with van der Waals surface area (Å²) in [5, 5.41) is 0.611. The van der Waals surface area contributed by atoms with E-state index in [4.69, 9.17) is 11.6 Å². The third kappa shape index (κ3) is 5.29. The van der Waals surface area contributed by atoms with E-state index in [0.717, 1.165) is 11.6 Å². The summed E-state index contributed by atoms with van der Waals surface area (Å²) >= 11 is 6.75. The fourth-order valence-corrected chi connectivity index (χ4v) is 5.90. The third-order valence-corrected chi connectivity index (χ3v) is 7.98. The maximum Gasteiger partial charge on any atom is 0.417 e. The van der Waals surface area contributed by atoms with E-state index in [9.17, 15) is 22.8 Å². The molecule has 218 valence electrons. The highest BCUT2D eigenvalue weighted by atomic mass is 35.5. The highest BCUT2D eigenvalue weighted by molar-refractivity contribution is 6.34.